The number of nitrogens with zero attached hydrogens (tertiary/aromatic N) is 2. The number of aryl methyl sites for hydroxylation is 2. The van der Waals surface area contributed by atoms with Crippen molar-refractivity contribution in [3.63, 3.8) is 0 Å². The highest BCUT2D eigenvalue weighted by atomic mass is 35.5. The van der Waals surface area contributed by atoms with E-state index in [-0.39, 0.29) is 0 Å². The van der Waals surface area contributed by atoms with Crippen LogP contribution >= 0.6 is 23.8 Å². The second-order valence-electron chi connectivity index (χ2n) is 3.66. The summed E-state index contributed by atoms with van der Waals surface area (Å²) in [5.41, 5.74) is 2.73. The zero-order valence-electron chi connectivity index (χ0n) is 9.41. The molecule has 17 heavy (non-hydrogen) atoms. The highest BCUT2D eigenvalue weighted by Crippen LogP contribution is 2.23. The van der Waals surface area contributed by atoms with Crippen molar-refractivity contribution >= 4 is 35.3 Å². The Morgan fingerprint density at radius 2 is 2.12 bits per heavy atom. The van der Waals surface area contributed by atoms with Crippen molar-refractivity contribution in [3.05, 3.63) is 39.3 Å². The Balaban J connectivity index is 2.37. The molecule has 0 aliphatic heterocycles. The topological polar surface area (TPSA) is 53.6 Å². The van der Waals surface area contributed by atoms with Gasteiger partial charge >= 0.3 is 0 Å². The van der Waals surface area contributed by atoms with E-state index in [4.69, 9.17) is 23.8 Å². The van der Waals surface area contributed by atoms with E-state index >= 15 is 0 Å². The minimum atomic E-state index is 0.352. The van der Waals surface area contributed by atoms with Crippen LogP contribution in [0.3, 0.4) is 0 Å². The molecule has 0 spiro atoms. The van der Waals surface area contributed by atoms with E-state index < -0.39 is 0 Å². The first-order valence-electron chi connectivity index (χ1n) is 5.03. The minimum Gasteiger partial charge on any atom is -0.338 e. The molecule has 0 aliphatic rings. The van der Waals surface area contributed by atoms with Gasteiger partial charge in [0.25, 0.3) is 0 Å². The SMILES string of the molecule is Cc1cc(Cl)ccc1Nc1nc(=S)[nH]nc1C. The van der Waals surface area contributed by atoms with Gasteiger partial charge < -0.3 is 5.32 Å². The van der Waals surface area contributed by atoms with Crippen LogP contribution in [0, 0.1) is 18.6 Å². The predicted octanol–water partition coefficient (Wildman–Crippen LogP) is 3.55. The number of aromatic nitrogens is 3. The van der Waals surface area contributed by atoms with Crippen molar-refractivity contribution in [1.29, 1.82) is 0 Å². The average molecular weight is 267 g/mol. The summed E-state index contributed by atoms with van der Waals surface area (Å²) in [6.45, 7) is 3.83. The quantitative estimate of drug-likeness (QED) is 0.817. The molecule has 1 aromatic heterocycles. The number of rotatable bonds is 2. The molecule has 4 nitrogen and oxygen atoms in total. The number of H-pyrrole nitrogens is 1. The van der Waals surface area contributed by atoms with Crippen molar-refractivity contribution in [2.45, 2.75) is 13.8 Å². The summed E-state index contributed by atoms with van der Waals surface area (Å²) in [4.78, 5) is 4.18. The van der Waals surface area contributed by atoms with Crippen molar-refractivity contribution in [1.82, 2.24) is 15.2 Å². The molecule has 2 N–H and O–H groups in total. The fourth-order valence-electron chi connectivity index (χ4n) is 1.41. The van der Waals surface area contributed by atoms with E-state index in [0.717, 1.165) is 16.9 Å². The molecule has 0 atom stereocenters. The second kappa shape index (κ2) is 4.81. The van der Waals surface area contributed by atoms with Gasteiger partial charge in [-0.3, -0.25) is 5.10 Å². The van der Waals surface area contributed by atoms with E-state index in [0.29, 0.717) is 15.6 Å². The Labute approximate surface area is 109 Å². The zero-order chi connectivity index (χ0) is 12.4. The Hall–Kier alpha value is -1.46. The minimum absolute atomic E-state index is 0.352. The van der Waals surface area contributed by atoms with Crippen LogP contribution in [0.15, 0.2) is 18.2 Å². The van der Waals surface area contributed by atoms with Crippen LogP contribution < -0.4 is 5.32 Å². The van der Waals surface area contributed by atoms with E-state index in [1.807, 2.05) is 32.0 Å². The highest BCUT2D eigenvalue weighted by Gasteiger charge is 2.04. The summed E-state index contributed by atoms with van der Waals surface area (Å²) in [6, 6.07) is 5.61. The third-order valence-corrected chi connectivity index (χ3v) is 2.73. The Bertz CT molecular complexity index is 609. The molecular formula is C11H11ClN4S. The molecule has 0 aliphatic carbocycles. The summed E-state index contributed by atoms with van der Waals surface area (Å²) in [5.74, 6) is 0.652. The van der Waals surface area contributed by atoms with Crippen LogP contribution in [-0.4, -0.2) is 15.2 Å². The van der Waals surface area contributed by atoms with Crippen molar-refractivity contribution in [3.8, 4) is 0 Å². The lowest BCUT2D eigenvalue weighted by molar-refractivity contribution is 0.913. The second-order valence-corrected chi connectivity index (χ2v) is 4.48. The molecule has 0 amide bonds. The summed E-state index contributed by atoms with van der Waals surface area (Å²) >= 11 is 10.8. The van der Waals surface area contributed by atoms with Crippen molar-refractivity contribution in [2.24, 2.45) is 0 Å². The summed E-state index contributed by atoms with van der Waals surface area (Å²) in [6.07, 6.45) is 0. The molecule has 0 unspecified atom stereocenters. The molecule has 0 radical (unpaired) electrons. The van der Waals surface area contributed by atoms with Gasteiger partial charge in [-0.15, -0.1) is 0 Å². The first-order chi connectivity index (χ1) is 8.06. The maximum absolute atomic E-state index is 5.90. The Morgan fingerprint density at radius 1 is 1.35 bits per heavy atom. The fraction of sp³-hybridized carbons (Fsp3) is 0.182. The van der Waals surface area contributed by atoms with Gasteiger partial charge in [0.1, 0.15) is 5.69 Å². The van der Waals surface area contributed by atoms with Gasteiger partial charge in [-0.25, -0.2) is 0 Å². The average Bonchev–Trinajstić information content (AvgIpc) is 2.27. The van der Waals surface area contributed by atoms with Crippen LogP contribution in [-0.2, 0) is 0 Å². The maximum Gasteiger partial charge on any atom is 0.215 e. The van der Waals surface area contributed by atoms with Gasteiger partial charge in [-0.1, -0.05) is 11.6 Å². The number of aromatic amines is 1. The summed E-state index contributed by atoms with van der Waals surface area (Å²) in [5, 5.41) is 10.6. The molecule has 88 valence electrons. The third kappa shape index (κ3) is 2.81. The number of hydrogen-bond donors (Lipinski definition) is 2. The molecule has 0 saturated heterocycles. The smallest absolute Gasteiger partial charge is 0.215 e. The van der Waals surface area contributed by atoms with Gasteiger partial charge in [-0.2, -0.15) is 10.1 Å². The molecule has 1 heterocycles. The van der Waals surface area contributed by atoms with E-state index in [1.165, 1.54) is 0 Å². The van der Waals surface area contributed by atoms with E-state index in [9.17, 15) is 0 Å². The van der Waals surface area contributed by atoms with Crippen molar-refractivity contribution in [2.75, 3.05) is 5.32 Å². The zero-order valence-corrected chi connectivity index (χ0v) is 11.0. The van der Waals surface area contributed by atoms with Gasteiger partial charge in [0, 0.05) is 10.7 Å². The molecule has 1 aromatic carbocycles. The Morgan fingerprint density at radius 3 is 2.82 bits per heavy atom. The first-order valence-corrected chi connectivity index (χ1v) is 5.81. The van der Waals surface area contributed by atoms with Crippen LogP contribution in [0.2, 0.25) is 5.02 Å². The predicted molar refractivity (Wildman–Crippen MR) is 71.4 cm³/mol. The fourth-order valence-corrected chi connectivity index (χ4v) is 1.77. The van der Waals surface area contributed by atoms with Crippen molar-refractivity contribution < 1.29 is 0 Å². The van der Waals surface area contributed by atoms with E-state index in [1.54, 1.807) is 0 Å². The third-order valence-electron chi connectivity index (χ3n) is 2.32. The largest absolute Gasteiger partial charge is 0.338 e. The van der Waals surface area contributed by atoms with Gasteiger partial charge in [0.05, 0.1) is 0 Å². The lowest BCUT2D eigenvalue weighted by atomic mass is 10.2. The number of nitrogens with one attached hydrogen (secondary N) is 2. The van der Waals surface area contributed by atoms with Crippen LogP contribution in [0.5, 0.6) is 0 Å². The number of halogens is 1. The summed E-state index contributed by atoms with van der Waals surface area (Å²) in [7, 11) is 0. The summed E-state index contributed by atoms with van der Waals surface area (Å²) < 4.78 is 0.352. The Kier molecular flexibility index (Phi) is 3.40. The maximum atomic E-state index is 5.90. The molecular weight excluding hydrogens is 256 g/mol. The monoisotopic (exact) mass is 266 g/mol. The van der Waals surface area contributed by atoms with Gasteiger partial charge in [-0.05, 0) is 49.8 Å². The number of anilines is 2. The molecule has 0 saturated carbocycles. The normalized spacial score (nSPS) is 10.3. The molecule has 6 heteroatoms. The van der Waals surface area contributed by atoms with Gasteiger partial charge in [0.2, 0.25) is 4.77 Å². The lowest BCUT2D eigenvalue weighted by Gasteiger charge is -2.10. The lowest BCUT2D eigenvalue weighted by Crippen LogP contribution is -2.02. The number of hydrogen-bond acceptors (Lipinski definition) is 4. The molecule has 2 aromatic rings. The molecule has 2 rings (SSSR count). The molecule has 0 bridgehead atoms. The van der Waals surface area contributed by atoms with Crippen LogP contribution in [0.25, 0.3) is 0 Å². The standard InChI is InChI=1S/C11H11ClN4S/c1-6-5-8(12)3-4-9(6)13-10-7(2)15-16-11(17)14-10/h3-5H,1-2H3,(H2,13,14,16,17). The van der Waals surface area contributed by atoms with Crippen LogP contribution in [0.4, 0.5) is 11.5 Å². The van der Waals surface area contributed by atoms with Gasteiger partial charge in [0.15, 0.2) is 5.82 Å². The van der Waals surface area contributed by atoms with Crippen LogP contribution in [0.1, 0.15) is 11.3 Å². The number of benzene rings is 1. The van der Waals surface area contributed by atoms with E-state index in [2.05, 4.69) is 20.5 Å². The first kappa shape index (κ1) is 12.0. The molecule has 0 fully saturated rings. The highest BCUT2D eigenvalue weighted by molar-refractivity contribution is 7.71.